The summed E-state index contributed by atoms with van der Waals surface area (Å²) < 4.78 is 6.95. The van der Waals surface area contributed by atoms with Crippen LogP contribution in [0, 0.1) is 0 Å². The van der Waals surface area contributed by atoms with Crippen LogP contribution >= 0.6 is 0 Å². The van der Waals surface area contributed by atoms with E-state index >= 15 is 0 Å². The van der Waals surface area contributed by atoms with Gasteiger partial charge in [-0.2, -0.15) is 5.10 Å². The van der Waals surface area contributed by atoms with Gasteiger partial charge in [-0.25, -0.2) is 4.52 Å². The summed E-state index contributed by atoms with van der Waals surface area (Å²) in [4.78, 5) is 39.8. The van der Waals surface area contributed by atoms with E-state index in [1.54, 1.807) is 6.20 Å². The van der Waals surface area contributed by atoms with E-state index < -0.39 is 0 Å². The molecule has 1 fully saturated rings. The van der Waals surface area contributed by atoms with Gasteiger partial charge in [0.2, 0.25) is 0 Å². The standard InChI is InChI=1S/C29H27N5O3.CH2O2/c35-28(30-25(21-7-2-1-3-8-21)18-33-12-14-37-15-13-33)24-17-27-29(36)31-26(19-34(27)32-24)23-11-10-20-6-4-5-9-22(20)16-23;2-1-3/h1-11,16-17,19,25H,12-15,18H2,(H,30,35)(H,31,36);1H,(H,2,3)/t25-;/m1./s1. The highest BCUT2D eigenvalue weighted by Gasteiger charge is 2.22. The zero-order valence-electron chi connectivity index (χ0n) is 21.7. The maximum Gasteiger partial charge on any atom is 0.290 e. The van der Waals surface area contributed by atoms with Gasteiger partial charge in [-0.05, 0) is 22.4 Å². The third-order valence-corrected chi connectivity index (χ3v) is 6.81. The van der Waals surface area contributed by atoms with Crippen LogP contribution in [0.25, 0.3) is 27.5 Å². The van der Waals surface area contributed by atoms with Crippen LogP contribution in [0.5, 0.6) is 0 Å². The molecule has 2 aromatic heterocycles. The van der Waals surface area contributed by atoms with Crippen molar-refractivity contribution in [2.24, 2.45) is 0 Å². The van der Waals surface area contributed by atoms with Gasteiger partial charge in [-0.15, -0.1) is 0 Å². The number of hydrogen-bond acceptors (Lipinski definition) is 6. The molecular weight excluding hydrogens is 510 g/mol. The predicted molar refractivity (Wildman–Crippen MR) is 151 cm³/mol. The fourth-order valence-corrected chi connectivity index (χ4v) is 4.81. The number of rotatable bonds is 6. The van der Waals surface area contributed by atoms with Gasteiger partial charge in [-0.1, -0.05) is 66.7 Å². The molecule has 0 bridgehead atoms. The van der Waals surface area contributed by atoms with Crippen molar-refractivity contribution in [3.05, 3.63) is 107 Å². The van der Waals surface area contributed by atoms with Crippen molar-refractivity contribution >= 4 is 28.7 Å². The zero-order valence-corrected chi connectivity index (χ0v) is 21.7. The monoisotopic (exact) mass is 539 g/mol. The van der Waals surface area contributed by atoms with E-state index in [0.717, 1.165) is 35.0 Å². The smallest absolute Gasteiger partial charge is 0.290 e. The zero-order chi connectivity index (χ0) is 27.9. The van der Waals surface area contributed by atoms with E-state index in [1.165, 1.54) is 10.6 Å². The number of carboxylic acid groups (broad SMARTS) is 1. The van der Waals surface area contributed by atoms with Crippen LogP contribution in [0.1, 0.15) is 22.1 Å². The summed E-state index contributed by atoms with van der Waals surface area (Å²) in [6.45, 7) is 3.43. The molecule has 204 valence electrons. The molecule has 0 aliphatic carbocycles. The molecule has 3 heterocycles. The fourth-order valence-electron chi connectivity index (χ4n) is 4.81. The summed E-state index contributed by atoms with van der Waals surface area (Å²) in [7, 11) is 0. The van der Waals surface area contributed by atoms with E-state index in [9.17, 15) is 9.59 Å². The summed E-state index contributed by atoms with van der Waals surface area (Å²) >= 11 is 0. The lowest BCUT2D eigenvalue weighted by atomic mass is 10.1. The first-order valence-corrected chi connectivity index (χ1v) is 12.9. The van der Waals surface area contributed by atoms with Gasteiger partial charge in [-0.3, -0.25) is 19.3 Å². The van der Waals surface area contributed by atoms with E-state index in [0.29, 0.717) is 31.0 Å². The van der Waals surface area contributed by atoms with Crippen molar-refractivity contribution < 1.29 is 19.4 Å². The molecule has 1 amide bonds. The Hall–Kier alpha value is -4.80. The van der Waals surface area contributed by atoms with Crippen molar-refractivity contribution in [3.63, 3.8) is 0 Å². The molecule has 0 unspecified atom stereocenters. The minimum Gasteiger partial charge on any atom is -0.483 e. The lowest BCUT2D eigenvalue weighted by molar-refractivity contribution is -0.122. The average molecular weight is 540 g/mol. The maximum absolute atomic E-state index is 13.3. The first kappa shape index (κ1) is 26.8. The summed E-state index contributed by atoms with van der Waals surface area (Å²) in [5.74, 6) is -0.322. The Kier molecular flexibility index (Phi) is 8.29. The van der Waals surface area contributed by atoms with Crippen molar-refractivity contribution in [1.82, 2.24) is 24.8 Å². The highest BCUT2D eigenvalue weighted by Crippen LogP contribution is 2.23. The van der Waals surface area contributed by atoms with Gasteiger partial charge in [0.1, 0.15) is 5.52 Å². The summed E-state index contributed by atoms with van der Waals surface area (Å²) in [5.41, 5.74) is 2.73. The van der Waals surface area contributed by atoms with Crippen LogP contribution in [0.4, 0.5) is 0 Å². The third kappa shape index (κ3) is 6.09. The van der Waals surface area contributed by atoms with Gasteiger partial charge >= 0.3 is 0 Å². The molecule has 0 radical (unpaired) electrons. The second-order valence-corrected chi connectivity index (χ2v) is 9.37. The first-order chi connectivity index (χ1) is 19.6. The molecule has 0 spiro atoms. The van der Waals surface area contributed by atoms with Crippen molar-refractivity contribution in [3.8, 4) is 11.3 Å². The lowest BCUT2D eigenvalue weighted by Crippen LogP contribution is -2.43. The molecule has 40 heavy (non-hydrogen) atoms. The molecule has 10 nitrogen and oxygen atoms in total. The Balaban J connectivity index is 0.00000103. The Bertz CT molecular complexity index is 1670. The van der Waals surface area contributed by atoms with E-state index in [2.05, 4.69) is 20.3 Å². The van der Waals surface area contributed by atoms with Crippen molar-refractivity contribution in [1.29, 1.82) is 0 Å². The Labute approximate surface area is 229 Å². The van der Waals surface area contributed by atoms with Crippen LogP contribution in [0.3, 0.4) is 0 Å². The number of nitrogens with zero attached hydrogens (tertiary/aromatic N) is 3. The number of nitrogens with one attached hydrogen (secondary N) is 2. The van der Waals surface area contributed by atoms with Gasteiger partial charge in [0.05, 0.1) is 31.1 Å². The van der Waals surface area contributed by atoms with Crippen LogP contribution in [-0.4, -0.2) is 69.8 Å². The number of aromatic amines is 1. The number of H-pyrrole nitrogens is 1. The van der Waals surface area contributed by atoms with E-state index in [4.69, 9.17) is 14.6 Å². The first-order valence-electron chi connectivity index (χ1n) is 12.9. The topological polar surface area (TPSA) is 129 Å². The second kappa shape index (κ2) is 12.4. The summed E-state index contributed by atoms with van der Waals surface area (Å²) in [5, 5.41) is 16.7. The Morgan fingerprint density at radius 3 is 2.48 bits per heavy atom. The van der Waals surface area contributed by atoms with E-state index in [-0.39, 0.29) is 29.7 Å². The van der Waals surface area contributed by atoms with Crippen LogP contribution in [-0.2, 0) is 9.53 Å². The number of benzene rings is 3. The minimum atomic E-state index is -0.322. The minimum absolute atomic E-state index is 0.198. The van der Waals surface area contributed by atoms with Gasteiger partial charge in [0.25, 0.3) is 17.9 Å². The fraction of sp³-hybridized carbons (Fsp3) is 0.200. The number of fused-ring (bicyclic) bond motifs is 2. The molecule has 1 aliphatic rings. The SMILES string of the molecule is O=C(N[C@H](CN1CCOCC1)c1ccccc1)c1cc2c(=O)[nH]c(-c3ccc4ccccc4c3)cn2n1.O=CO. The Morgan fingerprint density at radius 2 is 1.73 bits per heavy atom. The van der Waals surface area contributed by atoms with Crippen molar-refractivity contribution in [2.75, 3.05) is 32.8 Å². The molecule has 10 heteroatoms. The molecule has 0 saturated carbocycles. The maximum atomic E-state index is 13.3. The third-order valence-electron chi connectivity index (χ3n) is 6.81. The summed E-state index contributed by atoms with van der Waals surface area (Å²) in [6.07, 6.45) is 1.75. The van der Waals surface area contributed by atoms with Crippen molar-refractivity contribution in [2.45, 2.75) is 6.04 Å². The largest absolute Gasteiger partial charge is 0.483 e. The quantitative estimate of drug-likeness (QED) is 0.282. The van der Waals surface area contributed by atoms with Gasteiger partial charge < -0.3 is 20.1 Å². The second-order valence-electron chi connectivity index (χ2n) is 9.37. The van der Waals surface area contributed by atoms with Gasteiger partial charge in [0, 0.05) is 31.3 Å². The molecule has 3 N–H and O–H groups in total. The van der Waals surface area contributed by atoms with Crippen LogP contribution in [0.15, 0.2) is 89.9 Å². The molecule has 1 saturated heterocycles. The molecule has 1 aliphatic heterocycles. The van der Waals surface area contributed by atoms with E-state index in [1.807, 2.05) is 72.8 Å². The highest BCUT2D eigenvalue weighted by atomic mass is 16.5. The number of hydrogen-bond donors (Lipinski definition) is 3. The Morgan fingerprint density at radius 1 is 1.02 bits per heavy atom. The number of carbonyl (C=O) groups excluding carboxylic acids is 1. The molecule has 6 rings (SSSR count). The van der Waals surface area contributed by atoms with Crippen LogP contribution in [0.2, 0.25) is 0 Å². The number of aromatic nitrogens is 3. The normalized spacial score (nSPS) is 14.3. The molecule has 1 atom stereocenters. The number of carbonyl (C=O) groups is 2. The molecular formula is C30H29N5O5. The molecule has 5 aromatic rings. The average Bonchev–Trinajstić information content (AvgIpc) is 3.43. The predicted octanol–water partition coefficient (Wildman–Crippen LogP) is 3.35. The van der Waals surface area contributed by atoms with Crippen LogP contribution < -0.4 is 10.9 Å². The lowest BCUT2D eigenvalue weighted by Gasteiger charge is -2.31. The number of amides is 1. The molecule has 3 aromatic carbocycles. The van der Waals surface area contributed by atoms with Gasteiger partial charge in [0.15, 0.2) is 5.69 Å². The summed E-state index contributed by atoms with van der Waals surface area (Å²) in [6, 6.07) is 25.3. The number of ether oxygens (including phenoxy) is 1. The highest BCUT2D eigenvalue weighted by molar-refractivity contribution is 5.94. The number of morpholine rings is 1.